The summed E-state index contributed by atoms with van der Waals surface area (Å²) in [6, 6.07) is 14.3. The van der Waals surface area contributed by atoms with Crippen LogP contribution in [-0.4, -0.2) is 24.0 Å². The molecule has 0 unspecified atom stereocenters. The number of nitrogens with one attached hydrogen (secondary N) is 1. The molecule has 1 N–H and O–H groups in total. The van der Waals surface area contributed by atoms with Crippen LogP contribution in [0.25, 0.3) is 0 Å². The quantitative estimate of drug-likeness (QED) is 0.885. The first-order chi connectivity index (χ1) is 11.7. The van der Waals surface area contributed by atoms with Crippen molar-refractivity contribution >= 4 is 11.6 Å². The van der Waals surface area contributed by atoms with Crippen LogP contribution in [0.1, 0.15) is 43.5 Å². The Morgan fingerprint density at radius 3 is 2.79 bits per heavy atom. The first-order valence-electron chi connectivity index (χ1n) is 8.76. The number of hydrogen-bond donors (Lipinski definition) is 1. The lowest BCUT2D eigenvalue weighted by atomic mass is 10.1. The van der Waals surface area contributed by atoms with Crippen molar-refractivity contribution in [1.82, 2.24) is 10.3 Å². The Morgan fingerprint density at radius 1 is 1.21 bits per heavy atom. The molecule has 1 aromatic carbocycles. The molecule has 1 aliphatic heterocycles. The van der Waals surface area contributed by atoms with E-state index in [1.54, 1.807) is 6.20 Å². The van der Waals surface area contributed by atoms with Crippen LogP contribution in [0.3, 0.4) is 0 Å². The molecular weight excluding hydrogens is 298 g/mol. The second-order valence-corrected chi connectivity index (χ2v) is 6.40. The van der Waals surface area contributed by atoms with Gasteiger partial charge in [-0.05, 0) is 56.0 Å². The van der Waals surface area contributed by atoms with Gasteiger partial charge in [0.25, 0.3) is 0 Å². The van der Waals surface area contributed by atoms with Crippen molar-refractivity contribution in [3.63, 3.8) is 0 Å². The van der Waals surface area contributed by atoms with E-state index < -0.39 is 0 Å². The fraction of sp³-hybridized carbons (Fsp3) is 0.400. The molecule has 3 rings (SSSR count). The van der Waals surface area contributed by atoms with Gasteiger partial charge in [-0.25, -0.2) is 0 Å². The van der Waals surface area contributed by atoms with Gasteiger partial charge in [0.05, 0.1) is 6.04 Å². The summed E-state index contributed by atoms with van der Waals surface area (Å²) in [6.45, 7) is 4.31. The summed E-state index contributed by atoms with van der Waals surface area (Å²) in [5.41, 5.74) is 3.38. The normalized spacial score (nSPS) is 15.3. The number of hydrogen-bond acceptors (Lipinski definition) is 3. The van der Waals surface area contributed by atoms with E-state index in [0.29, 0.717) is 12.8 Å². The van der Waals surface area contributed by atoms with Crippen molar-refractivity contribution in [1.29, 1.82) is 0 Å². The van der Waals surface area contributed by atoms with E-state index in [1.807, 2.05) is 25.1 Å². The van der Waals surface area contributed by atoms with Gasteiger partial charge in [-0.2, -0.15) is 0 Å². The highest BCUT2D eigenvalue weighted by molar-refractivity contribution is 5.76. The molecule has 24 heavy (non-hydrogen) atoms. The Balaban J connectivity index is 1.55. The molecule has 2 aromatic rings. The molecule has 1 amide bonds. The van der Waals surface area contributed by atoms with Gasteiger partial charge >= 0.3 is 0 Å². The van der Waals surface area contributed by atoms with Crippen LogP contribution >= 0.6 is 0 Å². The number of benzene rings is 1. The monoisotopic (exact) mass is 323 g/mol. The predicted molar refractivity (Wildman–Crippen MR) is 97.0 cm³/mol. The van der Waals surface area contributed by atoms with Crippen LogP contribution < -0.4 is 10.2 Å². The Kier molecular flexibility index (Phi) is 5.47. The molecule has 1 aliphatic rings. The van der Waals surface area contributed by atoms with Gasteiger partial charge in [-0.15, -0.1) is 0 Å². The molecule has 126 valence electrons. The summed E-state index contributed by atoms with van der Waals surface area (Å²) < 4.78 is 0. The van der Waals surface area contributed by atoms with Gasteiger partial charge < -0.3 is 10.2 Å². The molecule has 0 spiro atoms. The average Bonchev–Trinajstić information content (AvgIpc) is 3.16. The summed E-state index contributed by atoms with van der Waals surface area (Å²) in [7, 11) is 0. The summed E-state index contributed by atoms with van der Waals surface area (Å²) in [5, 5.41) is 3.10. The highest BCUT2D eigenvalue weighted by Gasteiger charge is 2.15. The maximum atomic E-state index is 12.2. The van der Waals surface area contributed by atoms with Gasteiger partial charge in [0, 0.05) is 37.1 Å². The molecule has 0 radical (unpaired) electrons. The van der Waals surface area contributed by atoms with E-state index >= 15 is 0 Å². The van der Waals surface area contributed by atoms with Crippen molar-refractivity contribution in [2.75, 3.05) is 18.0 Å². The van der Waals surface area contributed by atoms with E-state index in [4.69, 9.17) is 0 Å². The molecule has 0 bridgehead atoms. The number of nitrogens with zero attached hydrogens (tertiary/aromatic N) is 2. The maximum Gasteiger partial charge on any atom is 0.220 e. The first-order valence-corrected chi connectivity index (χ1v) is 8.76. The largest absolute Gasteiger partial charge is 0.372 e. The van der Waals surface area contributed by atoms with Crippen molar-refractivity contribution in [3.8, 4) is 0 Å². The SMILES string of the molecule is C[C@H](NC(=O)CCc1ccccn1)c1cccc(N2CCCC2)c1. The number of carbonyl (C=O) groups is 1. The molecule has 1 aromatic heterocycles. The van der Waals surface area contributed by atoms with E-state index in [-0.39, 0.29) is 11.9 Å². The van der Waals surface area contributed by atoms with Gasteiger partial charge in [-0.1, -0.05) is 18.2 Å². The van der Waals surface area contributed by atoms with Gasteiger partial charge in [0.1, 0.15) is 0 Å². The highest BCUT2D eigenvalue weighted by atomic mass is 16.1. The molecular formula is C20H25N3O. The number of pyridine rings is 1. The Hall–Kier alpha value is -2.36. The zero-order chi connectivity index (χ0) is 16.8. The van der Waals surface area contributed by atoms with Crippen molar-refractivity contribution in [2.24, 2.45) is 0 Å². The van der Waals surface area contributed by atoms with Crippen LogP contribution in [0.2, 0.25) is 0 Å². The third-order valence-corrected chi connectivity index (χ3v) is 4.55. The molecule has 4 nitrogen and oxygen atoms in total. The lowest BCUT2D eigenvalue weighted by Gasteiger charge is -2.20. The van der Waals surface area contributed by atoms with Crippen LogP contribution in [0, 0.1) is 0 Å². The highest BCUT2D eigenvalue weighted by Crippen LogP contribution is 2.24. The smallest absolute Gasteiger partial charge is 0.220 e. The number of rotatable bonds is 6. The lowest BCUT2D eigenvalue weighted by molar-refractivity contribution is -0.121. The first kappa shape index (κ1) is 16.5. The maximum absolute atomic E-state index is 12.2. The molecule has 1 atom stereocenters. The minimum Gasteiger partial charge on any atom is -0.372 e. The van der Waals surface area contributed by atoms with Crippen LogP contribution in [-0.2, 0) is 11.2 Å². The summed E-state index contributed by atoms with van der Waals surface area (Å²) in [5.74, 6) is 0.0692. The lowest BCUT2D eigenvalue weighted by Crippen LogP contribution is -2.27. The zero-order valence-corrected chi connectivity index (χ0v) is 14.2. The van der Waals surface area contributed by atoms with E-state index in [2.05, 4.69) is 39.5 Å². The summed E-state index contributed by atoms with van der Waals surface area (Å²) in [6.07, 6.45) is 5.44. The van der Waals surface area contributed by atoms with Crippen molar-refractivity contribution in [2.45, 2.75) is 38.6 Å². The van der Waals surface area contributed by atoms with Crippen LogP contribution in [0.15, 0.2) is 48.7 Å². The average molecular weight is 323 g/mol. The third kappa shape index (κ3) is 4.34. The number of amides is 1. The van der Waals surface area contributed by atoms with Crippen molar-refractivity contribution in [3.05, 3.63) is 59.9 Å². The number of aromatic nitrogens is 1. The predicted octanol–water partition coefficient (Wildman–Crippen LogP) is 3.49. The van der Waals surface area contributed by atoms with E-state index in [9.17, 15) is 4.79 Å². The zero-order valence-electron chi connectivity index (χ0n) is 14.2. The Morgan fingerprint density at radius 2 is 2.04 bits per heavy atom. The minimum absolute atomic E-state index is 0.0174. The van der Waals surface area contributed by atoms with Gasteiger partial charge in [0.2, 0.25) is 5.91 Å². The van der Waals surface area contributed by atoms with E-state index in [0.717, 1.165) is 24.3 Å². The molecule has 1 saturated heterocycles. The van der Waals surface area contributed by atoms with E-state index in [1.165, 1.54) is 18.5 Å². The Bertz CT molecular complexity index is 666. The van der Waals surface area contributed by atoms with Gasteiger partial charge in [-0.3, -0.25) is 9.78 Å². The summed E-state index contributed by atoms with van der Waals surface area (Å²) >= 11 is 0. The Labute approximate surface area is 143 Å². The third-order valence-electron chi connectivity index (χ3n) is 4.55. The minimum atomic E-state index is 0.0174. The second-order valence-electron chi connectivity index (χ2n) is 6.40. The molecule has 2 heterocycles. The van der Waals surface area contributed by atoms with Gasteiger partial charge in [0.15, 0.2) is 0 Å². The second kappa shape index (κ2) is 7.95. The topological polar surface area (TPSA) is 45.2 Å². The van der Waals surface area contributed by atoms with Crippen molar-refractivity contribution < 1.29 is 4.79 Å². The summed E-state index contributed by atoms with van der Waals surface area (Å²) in [4.78, 5) is 18.9. The number of aryl methyl sites for hydroxylation is 1. The van der Waals surface area contributed by atoms with Crippen LogP contribution in [0.5, 0.6) is 0 Å². The number of carbonyl (C=O) groups excluding carboxylic acids is 1. The molecule has 0 aliphatic carbocycles. The van der Waals surface area contributed by atoms with Crippen LogP contribution in [0.4, 0.5) is 5.69 Å². The fourth-order valence-electron chi connectivity index (χ4n) is 3.15. The standard InChI is InChI=1S/C20H25N3O/c1-16(22-20(24)11-10-18-8-2-3-12-21-18)17-7-6-9-19(15-17)23-13-4-5-14-23/h2-3,6-9,12,15-16H,4-5,10-11,13-14H2,1H3,(H,22,24)/t16-/m0/s1. The molecule has 4 heteroatoms. The molecule has 0 saturated carbocycles. The number of anilines is 1. The molecule has 1 fully saturated rings. The fourth-order valence-corrected chi connectivity index (χ4v) is 3.15.